The average Bonchev–Trinajstić information content (AvgIpc) is 3.28. The van der Waals surface area contributed by atoms with Gasteiger partial charge in [0.2, 0.25) is 0 Å². The molecule has 0 N–H and O–H groups in total. The molecule has 0 saturated carbocycles. The Hall–Kier alpha value is -5.11. The van der Waals surface area contributed by atoms with Gasteiger partial charge >= 0.3 is 0 Å². The topological polar surface area (TPSA) is 0 Å². The summed E-state index contributed by atoms with van der Waals surface area (Å²) in [6, 6.07) is -12.2. The maximum atomic E-state index is 9.71. The van der Waals surface area contributed by atoms with E-state index in [0.717, 1.165) is 11.8 Å². The van der Waals surface area contributed by atoms with Crippen molar-refractivity contribution in [2.75, 3.05) is 0 Å². The van der Waals surface area contributed by atoms with E-state index >= 15 is 0 Å². The summed E-state index contributed by atoms with van der Waals surface area (Å²) >= 11 is 0.900. The number of fused-ring (bicyclic) bond motifs is 3. The van der Waals surface area contributed by atoms with E-state index in [-0.39, 0.29) is 69.7 Å². The first-order chi connectivity index (χ1) is 30.5. The van der Waals surface area contributed by atoms with Crippen molar-refractivity contribution in [2.45, 2.75) is 9.79 Å². The van der Waals surface area contributed by atoms with Gasteiger partial charge in [-0.3, -0.25) is 0 Å². The predicted molar refractivity (Wildman–Crippen MR) is 186 cm³/mol. The Labute approximate surface area is 284 Å². The highest BCUT2D eigenvalue weighted by Crippen LogP contribution is 2.52. The number of hydrogen-bond acceptors (Lipinski definition) is 1. The summed E-state index contributed by atoms with van der Waals surface area (Å²) in [5, 5.41) is -3.03. The highest BCUT2D eigenvalue weighted by Gasteiger charge is 2.23. The fourth-order valence-corrected chi connectivity index (χ4v) is 6.96. The minimum Gasteiger partial charge on any atom is -0.0888 e. The molecule has 0 bridgehead atoms. The van der Waals surface area contributed by atoms with Crippen LogP contribution in [0.25, 0.3) is 87.2 Å². The normalized spacial score (nSPS) is 19.7. The van der Waals surface area contributed by atoms with E-state index in [1.54, 1.807) is 0 Å². The Morgan fingerprint density at radius 3 is 1.91 bits per heavy atom. The molecule has 9 aromatic carbocycles. The van der Waals surface area contributed by atoms with E-state index in [1.165, 1.54) is 12.1 Å². The van der Waals surface area contributed by atoms with Gasteiger partial charge < -0.3 is 0 Å². The Morgan fingerprint density at radius 1 is 0.349 bits per heavy atom. The number of hydrogen-bond donors (Lipinski definition) is 0. The van der Waals surface area contributed by atoms with Gasteiger partial charge in [-0.15, -0.1) is 0 Å². The van der Waals surface area contributed by atoms with Crippen LogP contribution in [0, 0.1) is 0 Å². The average molecular weight is 583 g/mol. The molecule has 0 aromatic heterocycles. The molecule has 1 aliphatic heterocycles. The molecule has 0 spiro atoms. The lowest BCUT2D eigenvalue weighted by atomic mass is 9.83. The molecule has 1 heteroatoms. The van der Waals surface area contributed by atoms with Gasteiger partial charge in [-0.25, -0.2) is 0 Å². The smallest absolute Gasteiger partial charge is 0.0635 e. The summed E-state index contributed by atoms with van der Waals surface area (Å²) in [6.07, 6.45) is 0. The van der Waals surface area contributed by atoms with Crippen LogP contribution in [0.15, 0.2) is 155 Å². The van der Waals surface area contributed by atoms with Crippen LogP contribution in [0.5, 0.6) is 0 Å². The SMILES string of the molecule is [2H]c1c([2H])c([2H])c2c(c1[2H])Sc1ccc(-c3c(-c4c([2H])c([2H])c5c([2H])c([2H])c6c([2H])c([2H])c([2H])c7c([2H])c([2H])c4c5c67)c([2H])c([2H])c4c([2H])c([2H])c([2H])c([2H])c34)c3c([2H])c([2H])c([2H])c-2c13. The van der Waals surface area contributed by atoms with E-state index in [0.29, 0.717) is 0 Å². The Kier molecular flexibility index (Phi) is 2.20. The molecule has 0 radical (unpaired) electrons. The molecule has 0 aliphatic carbocycles. The van der Waals surface area contributed by atoms with Crippen LogP contribution >= 0.6 is 11.8 Å². The van der Waals surface area contributed by atoms with Gasteiger partial charge in [0.15, 0.2) is 0 Å². The second-order valence-corrected chi connectivity index (χ2v) is 11.0. The molecule has 0 nitrogen and oxygen atoms in total. The summed E-state index contributed by atoms with van der Waals surface area (Å²) in [4.78, 5) is 0.299. The maximum Gasteiger partial charge on any atom is 0.0635 e. The minimum absolute atomic E-state index is 0.0358. The molecule has 0 amide bonds. The van der Waals surface area contributed by atoms with Crippen LogP contribution in [0.3, 0.4) is 0 Å². The van der Waals surface area contributed by atoms with Crippen molar-refractivity contribution in [3.8, 4) is 33.4 Å². The quantitative estimate of drug-likeness (QED) is 0.183. The standard InChI is InChI=1S/C42H24S/c1-2-10-29-25(7-1)17-21-35(30-20-18-28-16-15-26-8-5-9-27-19-22-34(30)40(28)39(26)27)41(29)36-23-24-38-42-32(12-6-13-33(36)42)31-11-3-4-14-37(31)43-38/h1-24H/i1D,2D,3D,4D,5D,6D,7D,8D,9D,10D,11D,12D,13D,14D,15D,16D,17D,18D,19D,20D,21D,22D. The summed E-state index contributed by atoms with van der Waals surface area (Å²) in [5.41, 5.74) is -1.86. The van der Waals surface area contributed by atoms with Crippen LogP contribution in [0.4, 0.5) is 0 Å². The van der Waals surface area contributed by atoms with E-state index in [1.807, 2.05) is 0 Å². The van der Waals surface area contributed by atoms with Gasteiger partial charge in [-0.05, 0) is 94.0 Å². The molecule has 0 atom stereocenters. The van der Waals surface area contributed by atoms with Crippen molar-refractivity contribution in [1.82, 2.24) is 0 Å². The van der Waals surface area contributed by atoms with Gasteiger partial charge in [-0.2, -0.15) is 0 Å². The molecule has 1 heterocycles. The van der Waals surface area contributed by atoms with E-state index in [9.17, 15) is 11.0 Å². The van der Waals surface area contributed by atoms with Crippen molar-refractivity contribution in [2.24, 2.45) is 0 Å². The molecule has 9 aromatic rings. The van der Waals surface area contributed by atoms with E-state index in [2.05, 4.69) is 0 Å². The van der Waals surface area contributed by atoms with Gasteiger partial charge in [0.1, 0.15) is 0 Å². The minimum atomic E-state index is -0.817. The number of rotatable bonds is 2. The van der Waals surface area contributed by atoms with Crippen LogP contribution < -0.4 is 0 Å². The zero-order valence-corrected chi connectivity index (χ0v) is 22.4. The van der Waals surface area contributed by atoms with Gasteiger partial charge in [0, 0.05) is 15.2 Å². The maximum absolute atomic E-state index is 9.71. The Balaban J connectivity index is 1.52. The van der Waals surface area contributed by atoms with Gasteiger partial charge in [0.05, 0.1) is 30.2 Å². The fraction of sp³-hybridized carbons (Fsp3) is 0. The van der Waals surface area contributed by atoms with Crippen LogP contribution in [-0.2, 0) is 0 Å². The zero-order chi connectivity index (χ0) is 47.2. The second-order valence-electron chi connectivity index (χ2n) is 9.92. The van der Waals surface area contributed by atoms with Crippen molar-refractivity contribution < 1.29 is 30.2 Å². The summed E-state index contributed by atoms with van der Waals surface area (Å²) in [5.74, 6) is 0. The van der Waals surface area contributed by atoms with Gasteiger partial charge in [-0.1, -0.05) is 145 Å². The Bertz CT molecular complexity index is 3800. The second kappa shape index (κ2) is 8.70. The third kappa shape index (κ3) is 3.23. The largest absolute Gasteiger partial charge is 0.0888 e. The molecule has 198 valence electrons. The predicted octanol–water partition coefficient (Wildman–Crippen LogP) is 12.4. The summed E-state index contributed by atoms with van der Waals surface area (Å²) in [7, 11) is 0. The number of benzene rings is 9. The van der Waals surface area contributed by atoms with Crippen LogP contribution in [0.2, 0.25) is 0 Å². The third-order valence-corrected chi connectivity index (χ3v) is 8.81. The molecular weight excluding hydrogens is 537 g/mol. The zero-order valence-electron chi connectivity index (χ0n) is 43.6. The lowest BCUT2D eigenvalue weighted by molar-refractivity contribution is 1.40. The molecule has 0 fully saturated rings. The summed E-state index contributed by atoms with van der Waals surface area (Å²) < 4.78 is 198. The molecule has 10 rings (SSSR count). The molecule has 1 aliphatic rings. The van der Waals surface area contributed by atoms with E-state index < -0.39 is 160 Å². The Morgan fingerprint density at radius 2 is 0.977 bits per heavy atom. The first-order valence-electron chi connectivity index (χ1n) is 24.1. The molecular formula is C42H24S. The third-order valence-electron chi connectivity index (χ3n) is 7.74. The van der Waals surface area contributed by atoms with Crippen LogP contribution in [0.1, 0.15) is 30.2 Å². The highest BCUT2D eigenvalue weighted by molar-refractivity contribution is 7.99. The first kappa shape index (κ1) is 10.9. The van der Waals surface area contributed by atoms with Crippen molar-refractivity contribution in [3.05, 3.63) is 145 Å². The van der Waals surface area contributed by atoms with Crippen molar-refractivity contribution >= 4 is 65.6 Å². The summed E-state index contributed by atoms with van der Waals surface area (Å²) in [6.45, 7) is 0. The first-order valence-corrected chi connectivity index (χ1v) is 13.9. The molecule has 0 unspecified atom stereocenters. The van der Waals surface area contributed by atoms with Crippen molar-refractivity contribution in [1.29, 1.82) is 0 Å². The molecule has 0 saturated heterocycles. The van der Waals surface area contributed by atoms with Crippen molar-refractivity contribution in [3.63, 3.8) is 0 Å². The monoisotopic (exact) mass is 582 g/mol. The van der Waals surface area contributed by atoms with Gasteiger partial charge in [0.25, 0.3) is 0 Å². The van der Waals surface area contributed by atoms with Crippen LogP contribution in [-0.4, -0.2) is 0 Å². The molecule has 43 heavy (non-hydrogen) atoms. The lowest BCUT2D eigenvalue weighted by Gasteiger charge is -2.23. The lowest BCUT2D eigenvalue weighted by Crippen LogP contribution is -1.96. The van der Waals surface area contributed by atoms with E-state index in [4.69, 9.17) is 19.2 Å². The fourth-order valence-electron chi connectivity index (χ4n) is 5.94. The highest BCUT2D eigenvalue weighted by atomic mass is 32.2.